The highest BCUT2D eigenvalue weighted by Crippen LogP contribution is 2.30. The van der Waals surface area contributed by atoms with Crippen molar-refractivity contribution in [1.29, 1.82) is 0 Å². The Morgan fingerprint density at radius 3 is 2.60 bits per heavy atom. The van der Waals surface area contributed by atoms with E-state index >= 15 is 0 Å². The molecule has 5 rings (SSSR count). The maximum Gasteiger partial charge on any atom is 0.227 e. The molecule has 0 unspecified atom stereocenters. The zero-order valence-electron chi connectivity index (χ0n) is 23.3. The Morgan fingerprint density at radius 1 is 1.05 bits per heavy atom. The van der Waals surface area contributed by atoms with Crippen LogP contribution < -0.4 is 20.5 Å². The molecule has 3 N–H and O–H groups in total. The molecule has 1 aromatic heterocycles. The molecule has 0 saturated carbocycles. The number of hydrogen-bond donors (Lipinski definition) is 2. The van der Waals surface area contributed by atoms with Gasteiger partial charge in [-0.1, -0.05) is 0 Å². The third-order valence-corrected chi connectivity index (χ3v) is 7.41. The molecule has 40 heavy (non-hydrogen) atoms. The molecule has 0 spiro atoms. The highest BCUT2D eigenvalue weighted by molar-refractivity contribution is 5.69. The molecule has 0 atom stereocenters. The standard InChI is InChI=1S/C30H39FN6O3/c1-21(2)37-13-11-36(12-14-37)15-18-39-29-20-23(4-5-25(29)31)34-30-33-10-7-27(35-30)22-3-6-28(26(32)19-22)40-24-8-16-38-17-9-24/h3-7,10,19-21,24H,8-9,11-18,32H2,1-2H3,(H,33,34,35). The second-order valence-corrected chi connectivity index (χ2v) is 10.5. The average molecular weight is 551 g/mol. The topological polar surface area (TPSA) is 98.0 Å². The Labute approximate surface area is 235 Å². The second kappa shape index (κ2) is 13.3. The number of anilines is 3. The Hall–Kier alpha value is -3.47. The monoisotopic (exact) mass is 550 g/mol. The normalized spacial score (nSPS) is 17.2. The third-order valence-electron chi connectivity index (χ3n) is 7.41. The molecule has 0 aliphatic carbocycles. The fourth-order valence-corrected chi connectivity index (χ4v) is 4.98. The molecule has 2 saturated heterocycles. The van der Waals surface area contributed by atoms with Gasteiger partial charge >= 0.3 is 0 Å². The van der Waals surface area contributed by atoms with Crippen LogP contribution in [0.15, 0.2) is 48.7 Å². The van der Waals surface area contributed by atoms with Crippen molar-refractivity contribution in [2.24, 2.45) is 0 Å². The van der Waals surface area contributed by atoms with Crippen molar-refractivity contribution < 1.29 is 18.6 Å². The molecule has 0 radical (unpaired) electrons. The summed E-state index contributed by atoms with van der Waals surface area (Å²) >= 11 is 0. The number of ether oxygens (including phenoxy) is 3. The smallest absolute Gasteiger partial charge is 0.227 e. The first-order chi connectivity index (χ1) is 19.4. The quantitative estimate of drug-likeness (QED) is 0.352. The van der Waals surface area contributed by atoms with Crippen molar-refractivity contribution in [2.75, 3.05) is 63.6 Å². The van der Waals surface area contributed by atoms with Crippen LogP contribution in [-0.4, -0.2) is 84.5 Å². The van der Waals surface area contributed by atoms with Crippen molar-refractivity contribution in [1.82, 2.24) is 19.8 Å². The second-order valence-electron chi connectivity index (χ2n) is 10.5. The predicted octanol–water partition coefficient (Wildman–Crippen LogP) is 4.57. The van der Waals surface area contributed by atoms with Crippen LogP contribution in [0.1, 0.15) is 26.7 Å². The summed E-state index contributed by atoms with van der Waals surface area (Å²) < 4.78 is 31.8. The van der Waals surface area contributed by atoms with E-state index in [0.29, 0.717) is 54.6 Å². The summed E-state index contributed by atoms with van der Waals surface area (Å²) in [5, 5.41) is 3.16. The Bertz CT molecular complexity index is 1260. The first kappa shape index (κ1) is 28.1. The van der Waals surface area contributed by atoms with Crippen molar-refractivity contribution in [3.8, 4) is 22.8 Å². The van der Waals surface area contributed by atoms with Gasteiger partial charge in [0.05, 0.1) is 24.6 Å². The Morgan fingerprint density at radius 2 is 1.85 bits per heavy atom. The molecule has 2 aliphatic rings. The third kappa shape index (κ3) is 7.38. The molecule has 10 heteroatoms. The lowest BCUT2D eigenvalue weighted by molar-refractivity contribution is 0.0259. The van der Waals surface area contributed by atoms with Crippen LogP contribution in [0.4, 0.5) is 21.7 Å². The Kier molecular flexibility index (Phi) is 9.30. The van der Waals surface area contributed by atoms with Crippen molar-refractivity contribution >= 4 is 17.3 Å². The zero-order valence-corrected chi connectivity index (χ0v) is 23.3. The van der Waals surface area contributed by atoms with E-state index in [1.807, 2.05) is 24.3 Å². The van der Waals surface area contributed by atoms with Gasteiger partial charge in [0.1, 0.15) is 18.5 Å². The largest absolute Gasteiger partial charge is 0.489 e. The lowest BCUT2D eigenvalue weighted by Crippen LogP contribution is -2.49. The molecule has 0 amide bonds. The van der Waals surface area contributed by atoms with E-state index in [-0.39, 0.29) is 11.9 Å². The van der Waals surface area contributed by atoms with Crippen LogP contribution in [0.3, 0.4) is 0 Å². The first-order valence-corrected chi connectivity index (χ1v) is 14.1. The summed E-state index contributed by atoms with van der Waals surface area (Å²) in [5.74, 6) is 0.858. The van der Waals surface area contributed by atoms with E-state index in [4.69, 9.17) is 19.9 Å². The predicted molar refractivity (Wildman–Crippen MR) is 155 cm³/mol. The van der Waals surface area contributed by atoms with Gasteiger partial charge in [0.25, 0.3) is 0 Å². The molecule has 214 valence electrons. The molecular formula is C30H39FN6O3. The molecule has 3 heterocycles. The van der Waals surface area contributed by atoms with E-state index in [0.717, 1.165) is 51.1 Å². The first-order valence-electron chi connectivity index (χ1n) is 14.1. The van der Waals surface area contributed by atoms with Crippen LogP contribution in [0.5, 0.6) is 11.5 Å². The Balaban J connectivity index is 1.18. The van der Waals surface area contributed by atoms with Gasteiger partial charge in [-0.2, -0.15) is 0 Å². The maximum atomic E-state index is 14.5. The zero-order chi connectivity index (χ0) is 27.9. The molecule has 0 bridgehead atoms. The number of rotatable bonds is 10. The summed E-state index contributed by atoms with van der Waals surface area (Å²) in [7, 11) is 0. The van der Waals surface area contributed by atoms with E-state index in [2.05, 4.69) is 38.9 Å². The van der Waals surface area contributed by atoms with E-state index in [1.165, 1.54) is 6.07 Å². The minimum atomic E-state index is -0.400. The molecule has 2 aromatic carbocycles. The molecule has 3 aromatic rings. The lowest BCUT2D eigenvalue weighted by atomic mass is 10.1. The van der Waals surface area contributed by atoms with Gasteiger partial charge in [-0.3, -0.25) is 9.80 Å². The van der Waals surface area contributed by atoms with Crippen LogP contribution in [0.25, 0.3) is 11.3 Å². The molecular weight excluding hydrogens is 511 g/mol. The fourth-order valence-electron chi connectivity index (χ4n) is 4.98. The van der Waals surface area contributed by atoms with Crippen LogP contribution in [0.2, 0.25) is 0 Å². The van der Waals surface area contributed by atoms with Crippen molar-refractivity contribution in [3.63, 3.8) is 0 Å². The van der Waals surface area contributed by atoms with E-state index < -0.39 is 5.82 Å². The summed E-state index contributed by atoms with van der Waals surface area (Å²) in [6, 6.07) is 12.7. The molecule has 2 fully saturated rings. The summed E-state index contributed by atoms with van der Waals surface area (Å²) in [4.78, 5) is 13.8. The average Bonchev–Trinajstić information content (AvgIpc) is 2.97. The lowest BCUT2D eigenvalue weighted by Gasteiger charge is -2.36. The minimum absolute atomic E-state index is 0.113. The van der Waals surface area contributed by atoms with Crippen LogP contribution in [-0.2, 0) is 4.74 Å². The van der Waals surface area contributed by atoms with Gasteiger partial charge in [-0.25, -0.2) is 14.4 Å². The molecule has 2 aliphatic heterocycles. The number of nitrogen functional groups attached to an aromatic ring is 1. The number of aromatic nitrogens is 2. The number of nitrogens with zero attached hydrogens (tertiary/aromatic N) is 4. The fraction of sp³-hybridized carbons (Fsp3) is 0.467. The van der Waals surface area contributed by atoms with Crippen LogP contribution >= 0.6 is 0 Å². The van der Waals surface area contributed by atoms with Crippen molar-refractivity contribution in [2.45, 2.75) is 38.8 Å². The van der Waals surface area contributed by atoms with Gasteiger partial charge in [0, 0.05) is 75.1 Å². The number of piperazine rings is 1. The summed E-state index contributed by atoms with van der Waals surface area (Å²) in [6.07, 6.45) is 3.50. The summed E-state index contributed by atoms with van der Waals surface area (Å²) in [5.41, 5.74) is 9.05. The number of benzene rings is 2. The van der Waals surface area contributed by atoms with Gasteiger partial charge < -0.3 is 25.3 Å². The summed E-state index contributed by atoms with van der Waals surface area (Å²) in [6.45, 7) is 11.1. The van der Waals surface area contributed by atoms with E-state index in [1.54, 1.807) is 18.3 Å². The maximum absolute atomic E-state index is 14.5. The molecule has 9 nitrogen and oxygen atoms in total. The number of nitrogens with one attached hydrogen (secondary N) is 1. The van der Waals surface area contributed by atoms with Gasteiger partial charge in [0.2, 0.25) is 5.95 Å². The highest BCUT2D eigenvalue weighted by Gasteiger charge is 2.19. The van der Waals surface area contributed by atoms with Crippen molar-refractivity contribution in [3.05, 3.63) is 54.5 Å². The highest BCUT2D eigenvalue weighted by atomic mass is 19.1. The van der Waals surface area contributed by atoms with Gasteiger partial charge in [-0.15, -0.1) is 0 Å². The van der Waals surface area contributed by atoms with Gasteiger partial charge in [0.15, 0.2) is 11.6 Å². The van der Waals surface area contributed by atoms with E-state index in [9.17, 15) is 4.39 Å². The number of nitrogens with two attached hydrogens (primary N) is 1. The van der Waals surface area contributed by atoms with Gasteiger partial charge in [-0.05, 0) is 50.2 Å². The van der Waals surface area contributed by atoms with Crippen LogP contribution in [0, 0.1) is 5.82 Å². The number of hydrogen-bond acceptors (Lipinski definition) is 9. The SMILES string of the molecule is CC(C)N1CCN(CCOc2cc(Nc3nccc(-c4ccc(OC5CCOCC5)c(N)c4)n3)ccc2F)CC1. The minimum Gasteiger partial charge on any atom is -0.489 e. The number of halogens is 1.